The molecule has 1 aliphatic carbocycles. The first-order valence-corrected chi connectivity index (χ1v) is 11.7. The number of anilines is 2. The Hall–Kier alpha value is -2.45. The highest BCUT2D eigenvalue weighted by atomic mass is 35.5. The molecule has 2 unspecified atom stereocenters. The number of hydrogen-bond acceptors (Lipinski definition) is 2. The Morgan fingerprint density at radius 3 is 2.20 bits per heavy atom. The van der Waals surface area contributed by atoms with E-state index < -0.39 is 45.4 Å². The van der Waals surface area contributed by atoms with E-state index in [1.165, 1.54) is 42.5 Å². The van der Waals surface area contributed by atoms with Gasteiger partial charge in [-0.1, -0.05) is 29.3 Å². The molecule has 0 saturated heterocycles. The number of halogens is 7. The van der Waals surface area contributed by atoms with Crippen molar-refractivity contribution in [2.24, 2.45) is 5.92 Å². The summed E-state index contributed by atoms with van der Waals surface area (Å²) >= 11 is 24.4. The third-order valence-corrected chi connectivity index (χ3v) is 7.14. The summed E-state index contributed by atoms with van der Waals surface area (Å²) < 4.78 is 39.5. The van der Waals surface area contributed by atoms with Crippen LogP contribution in [0.15, 0.2) is 54.6 Å². The average Bonchev–Trinajstić information content (AvgIpc) is 3.37. The zero-order valence-corrected chi connectivity index (χ0v) is 20.5. The van der Waals surface area contributed by atoms with Crippen LogP contribution in [0.25, 0.3) is 0 Å². The molecule has 0 bridgehead atoms. The third kappa shape index (κ3) is 5.54. The van der Waals surface area contributed by atoms with Crippen LogP contribution in [-0.4, -0.2) is 16.1 Å². The number of carbonyl (C=O) groups is 2. The minimum absolute atomic E-state index is 0.0356. The summed E-state index contributed by atoms with van der Waals surface area (Å²) in [4.78, 5) is 25.2. The van der Waals surface area contributed by atoms with Crippen molar-refractivity contribution in [2.75, 3.05) is 10.6 Å². The quantitative estimate of drug-likeness (QED) is 0.315. The average molecular weight is 562 g/mol. The molecule has 0 spiro atoms. The molecular weight excluding hydrogens is 547 g/mol. The molecule has 2 amide bonds. The highest BCUT2D eigenvalue weighted by Crippen LogP contribution is 2.65. The maximum absolute atomic E-state index is 14.4. The molecule has 1 fully saturated rings. The molecule has 0 radical (unpaired) electrons. The van der Waals surface area contributed by atoms with Crippen molar-refractivity contribution < 1.29 is 22.8 Å². The van der Waals surface area contributed by atoms with Crippen LogP contribution in [0.1, 0.15) is 17.0 Å². The van der Waals surface area contributed by atoms with Crippen molar-refractivity contribution >= 4 is 69.6 Å². The highest BCUT2D eigenvalue weighted by Gasteiger charge is 2.67. The lowest BCUT2D eigenvalue weighted by Crippen LogP contribution is -2.18. The minimum atomic E-state index is -1.48. The normalized spacial score (nSPS) is 18.1. The van der Waals surface area contributed by atoms with Crippen LogP contribution in [-0.2, 0) is 16.0 Å². The van der Waals surface area contributed by atoms with E-state index in [0.29, 0.717) is 11.3 Å². The molecule has 0 aliphatic heterocycles. The largest absolute Gasteiger partial charge is 0.326 e. The van der Waals surface area contributed by atoms with Gasteiger partial charge in [0, 0.05) is 17.3 Å². The number of nitrogens with one attached hydrogen (secondary N) is 2. The number of carbonyl (C=O) groups excluding carboxylic acids is 2. The Balaban J connectivity index is 1.48. The summed E-state index contributed by atoms with van der Waals surface area (Å²) in [6, 6.07) is 11.4. The molecule has 0 aromatic heterocycles. The summed E-state index contributed by atoms with van der Waals surface area (Å²) in [6.07, 6.45) is -0.314. The van der Waals surface area contributed by atoms with Crippen molar-refractivity contribution in [1.29, 1.82) is 0 Å². The first-order valence-electron chi connectivity index (χ1n) is 10.1. The number of alkyl halides is 2. The van der Waals surface area contributed by atoms with Gasteiger partial charge in [0.2, 0.25) is 11.8 Å². The van der Waals surface area contributed by atoms with Crippen LogP contribution >= 0.6 is 46.4 Å². The second kappa shape index (κ2) is 9.90. The van der Waals surface area contributed by atoms with Crippen LogP contribution in [0.4, 0.5) is 24.5 Å². The van der Waals surface area contributed by atoms with E-state index in [2.05, 4.69) is 10.6 Å². The number of benzene rings is 3. The van der Waals surface area contributed by atoms with Gasteiger partial charge < -0.3 is 10.6 Å². The molecule has 35 heavy (non-hydrogen) atoms. The van der Waals surface area contributed by atoms with E-state index in [1.54, 1.807) is 0 Å². The summed E-state index contributed by atoms with van der Waals surface area (Å²) in [5.74, 6) is -4.66. The molecule has 2 atom stereocenters. The van der Waals surface area contributed by atoms with Gasteiger partial charge >= 0.3 is 0 Å². The lowest BCUT2D eigenvalue weighted by Gasteiger charge is -2.11. The van der Waals surface area contributed by atoms with E-state index in [4.69, 9.17) is 46.4 Å². The second-order valence-corrected chi connectivity index (χ2v) is 10.2. The molecule has 3 aromatic rings. The first kappa shape index (κ1) is 25.6. The van der Waals surface area contributed by atoms with Gasteiger partial charge in [0.25, 0.3) is 0 Å². The van der Waals surface area contributed by atoms with Crippen LogP contribution in [0, 0.1) is 23.4 Å². The number of amides is 2. The fourth-order valence-electron chi connectivity index (χ4n) is 3.75. The topological polar surface area (TPSA) is 58.2 Å². The lowest BCUT2D eigenvalue weighted by molar-refractivity contribution is -0.117. The Labute approximate surface area is 218 Å². The number of rotatable bonds is 6. The summed E-state index contributed by atoms with van der Waals surface area (Å²) in [6.45, 7) is 0. The molecule has 182 valence electrons. The zero-order valence-electron chi connectivity index (χ0n) is 17.5. The van der Waals surface area contributed by atoms with Gasteiger partial charge in [0.15, 0.2) is 0 Å². The fourth-order valence-corrected chi connectivity index (χ4v) is 4.94. The van der Waals surface area contributed by atoms with Crippen molar-refractivity contribution in [3.05, 3.63) is 93.2 Å². The molecule has 4 rings (SSSR count). The van der Waals surface area contributed by atoms with Gasteiger partial charge in [-0.05, 0) is 59.7 Å². The predicted molar refractivity (Wildman–Crippen MR) is 131 cm³/mol. The van der Waals surface area contributed by atoms with Gasteiger partial charge in [-0.15, -0.1) is 23.2 Å². The zero-order chi connectivity index (χ0) is 25.5. The molecule has 3 aromatic carbocycles. The van der Waals surface area contributed by atoms with Gasteiger partial charge in [-0.2, -0.15) is 0 Å². The highest BCUT2D eigenvalue weighted by molar-refractivity contribution is 6.53. The minimum Gasteiger partial charge on any atom is -0.326 e. The molecule has 0 heterocycles. The molecular formula is C24H15Cl4F3N2O2. The molecule has 1 aliphatic rings. The molecule has 1 saturated carbocycles. The van der Waals surface area contributed by atoms with E-state index in [9.17, 15) is 22.8 Å². The van der Waals surface area contributed by atoms with Crippen molar-refractivity contribution in [3.8, 4) is 0 Å². The summed E-state index contributed by atoms with van der Waals surface area (Å²) in [5.41, 5.74) is 0.969. The van der Waals surface area contributed by atoms with Crippen LogP contribution in [0.5, 0.6) is 0 Å². The van der Waals surface area contributed by atoms with E-state index >= 15 is 0 Å². The Bertz CT molecular complexity index is 1320. The predicted octanol–water partition coefficient (Wildman–Crippen LogP) is 7.12. The van der Waals surface area contributed by atoms with Gasteiger partial charge in [0.05, 0.1) is 22.4 Å². The maximum atomic E-state index is 14.4. The maximum Gasteiger partial charge on any atom is 0.231 e. The second-order valence-electron chi connectivity index (χ2n) is 7.96. The van der Waals surface area contributed by atoms with Crippen LogP contribution < -0.4 is 10.6 Å². The van der Waals surface area contributed by atoms with Gasteiger partial charge in [-0.3, -0.25) is 9.59 Å². The molecule has 2 N–H and O–H groups in total. The monoisotopic (exact) mass is 560 g/mol. The van der Waals surface area contributed by atoms with Crippen molar-refractivity contribution in [2.45, 2.75) is 16.7 Å². The molecule has 4 nitrogen and oxygen atoms in total. The SMILES string of the molecule is O=C(Cc1cc(NC(=O)C2C(c3ccc(F)c(Cl)c3)C2(Cl)Cl)cc(F)c1Cl)Nc1ccc(F)cc1. The fraction of sp³-hybridized carbons (Fsp3) is 0.167. The van der Waals surface area contributed by atoms with Gasteiger partial charge in [-0.25, -0.2) is 13.2 Å². The van der Waals surface area contributed by atoms with Crippen molar-refractivity contribution in [1.82, 2.24) is 0 Å². The van der Waals surface area contributed by atoms with Crippen LogP contribution in [0.2, 0.25) is 10.0 Å². The van der Waals surface area contributed by atoms with E-state index in [-0.39, 0.29) is 27.7 Å². The van der Waals surface area contributed by atoms with Gasteiger partial charge in [0.1, 0.15) is 21.8 Å². The summed E-state index contributed by atoms with van der Waals surface area (Å²) in [7, 11) is 0. The number of hydrogen-bond donors (Lipinski definition) is 2. The Morgan fingerprint density at radius 2 is 1.54 bits per heavy atom. The van der Waals surface area contributed by atoms with E-state index in [1.807, 2.05) is 0 Å². The van der Waals surface area contributed by atoms with Crippen LogP contribution in [0.3, 0.4) is 0 Å². The lowest BCUT2D eigenvalue weighted by atomic mass is 10.1. The molecule has 11 heteroatoms. The smallest absolute Gasteiger partial charge is 0.231 e. The van der Waals surface area contributed by atoms with Crippen molar-refractivity contribution in [3.63, 3.8) is 0 Å². The Morgan fingerprint density at radius 1 is 0.857 bits per heavy atom. The first-order chi connectivity index (χ1) is 16.5. The standard InChI is InChI=1S/C24H15Cl4F3N2O2/c25-16-8-11(1-6-17(16)30)20-21(24(20,27)28)23(35)33-15-7-12(22(26)18(31)10-15)9-19(34)32-14-4-2-13(29)3-5-14/h1-8,10,20-21H,9H2,(H,32,34)(H,33,35). The Kier molecular flexibility index (Phi) is 7.25. The summed E-state index contributed by atoms with van der Waals surface area (Å²) in [5, 5.41) is 4.66. The van der Waals surface area contributed by atoms with E-state index in [0.717, 1.165) is 12.1 Å². The third-order valence-electron chi connectivity index (χ3n) is 5.49.